The van der Waals surface area contributed by atoms with E-state index in [4.69, 9.17) is 10.5 Å². The molecule has 0 aromatic carbocycles. The molecule has 0 bridgehead atoms. The molecule has 1 aromatic heterocycles. The Kier molecular flexibility index (Phi) is 5.76. The summed E-state index contributed by atoms with van der Waals surface area (Å²) in [4.78, 5) is 7.98. The van der Waals surface area contributed by atoms with Crippen LogP contribution in [0.5, 0.6) is 5.88 Å². The van der Waals surface area contributed by atoms with Gasteiger partial charge in [-0.25, -0.2) is 5.26 Å². The smallest absolute Gasteiger partial charge is 0.285 e. The third-order valence-electron chi connectivity index (χ3n) is 2.01. The van der Waals surface area contributed by atoms with Crippen molar-refractivity contribution in [1.82, 2.24) is 15.7 Å². The first kappa shape index (κ1) is 16.2. The first-order valence-electron chi connectivity index (χ1n) is 5.33. The molecule has 112 valence electrons. The maximum absolute atomic E-state index is 10.9. The van der Waals surface area contributed by atoms with Crippen molar-refractivity contribution in [2.75, 3.05) is 12.9 Å². The lowest BCUT2D eigenvalue weighted by Crippen LogP contribution is -2.25. The number of amidine groups is 1. The van der Waals surface area contributed by atoms with E-state index >= 15 is 0 Å². The molecule has 3 N–H and O–H groups in total. The first-order chi connectivity index (χ1) is 9.37. The molecule has 1 aromatic rings. The van der Waals surface area contributed by atoms with E-state index in [9.17, 15) is 8.42 Å². The summed E-state index contributed by atoms with van der Waals surface area (Å²) in [5, 5.41) is 24.6. The number of hydrogen-bond donors (Lipinski definition) is 3. The van der Waals surface area contributed by atoms with Crippen LogP contribution in [-0.4, -0.2) is 53.8 Å². The van der Waals surface area contributed by atoms with E-state index in [1.807, 2.05) is 5.48 Å². The summed E-state index contributed by atoms with van der Waals surface area (Å²) in [6.45, 7) is 1.36. The van der Waals surface area contributed by atoms with Crippen LogP contribution in [0.2, 0.25) is 0 Å². The van der Waals surface area contributed by atoms with Gasteiger partial charge in [0.1, 0.15) is 0 Å². The summed E-state index contributed by atoms with van der Waals surface area (Å²) in [6, 6.07) is 0.782. The molecule has 0 aliphatic carbocycles. The summed E-state index contributed by atoms with van der Waals surface area (Å²) in [5.74, 6) is -0.363. The fraction of sp³-hybridized carbons (Fsp3) is 0.444. The molecule has 0 radical (unpaired) electrons. The number of aliphatic imine (C=N–C) groups is 1. The number of nitrogens with one attached hydrogen (secondary N) is 1. The van der Waals surface area contributed by atoms with Crippen LogP contribution < -0.4 is 10.4 Å². The van der Waals surface area contributed by atoms with Crippen molar-refractivity contribution >= 4 is 16.0 Å². The van der Waals surface area contributed by atoms with Crippen molar-refractivity contribution in [2.45, 2.75) is 13.0 Å². The maximum atomic E-state index is 10.9. The maximum Gasteiger partial charge on any atom is 0.285 e. The van der Waals surface area contributed by atoms with Crippen molar-refractivity contribution in [3.63, 3.8) is 0 Å². The van der Waals surface area contributed by atoms with E-state index in [1.54, 1.807) is 6.92 Å². The zero-order valence-electron chi connectivity index (χ0n) is 10.7. The minimum atomic E-state index is -3.58. The van der Waals surface area contributed by atoms with Gasteiger partial charge in [-0.3, -0.25) is 19.9 Å². The van der Waals surface area contributed by atoms with E-state index in [1.165, 1.54) is 12.3 Å². The zero-order chi connectivity index (χ0) is 15.2. The summed E-state index contributed by atoms with van der Waals surface area (Å²) in [5.41, 5.74) is 1.94. The topological polar surface area (TPSA) is 143 Å². The van der Waals surface area contributed by atoms with Crippen molar-refractivity contribution < 1.29 is 28.0 Å². The highest BCUT2D eigenvalue weighted by atomic mass is 32.2. The van der Waals surface area contributed by atoms with Crippen LogP contribution in [0.4, 0.5) is 0 Å². The van der Waals surface area contributed by atoms with Crippen molar-refractivity contribution in [1.29, 1.82) is 0 Å². The molecular weight excluding hydrogens is 292 g/mol. The molecule has 20 heavy (non-hydrogen) atoms. The molecule has 0 saturated carbocycles. The van der Waals surface area contributed by atoms with Gasteiger partial charge in [0, 0.05) is 0 Å². The van der Waals surface area contributed by atoms with Crippen molar-refractivity contribution in [3.05, 3.63) is 17.8 Å². The fourth-order valence-corrected chi connectivity index (χ4v) is 1.65. The molecule has 0 aliphatic heterocycles. The van der Waals surface area contributed by atoms with Crippen LogP contribution in [-0.2, 0) is 14.3 Å². The lowest BCUT2D eigenvalue weighted by molar-refractivity contribution is -0.142. The summed E-state index contributed by atoms with van der Waals surface area (Å²) in [6.07, 6.45) is 2.21. The van der Waals surface area contributed by atoms with E-state index in [2.05, 4.69) is 24.3 Å². The van der Waals surface area contributed by atoms with E-state index in [0.717, 1.165) is 6.26 Å². The van der Waals surface area contributed by atoms with Crippen LogP contribution in [0, 0.1) is 0 Å². The number of hydrogen-bond acceptors (Lipinski definition) is 9. The average molecular weight is 306 g/mol. The van der Waals surface area contributed by atoms with Gasteiger partial charge in [0.15, 0.2) is 5.84 Å². The molecule has 10 nitrogen and oxygen atoms in total. The third kappa shape index (κ3) is 5.05. The number of nitrogens with zero attached hydrogens (tertiary/aromatic N) is 3. The average Bonchev–Trinajstić information content (AvgIpc) is 2.41. The Morgan fingerprint density at radius 2 is 2.30 bits per heavy atom. The second-order valence-corrected chi connectivity index (χ2v) is 5.41. The quantitative estimate of drug-likeness (QED) is 0.207. The minimum absolute atomic E-state index is 0.0893. The minimum Gasteiger partial charge on any atom is -0.317 e. The number of aromatic nitrogens is 2. The van der Waals surface area contributed by atoms with Gasteiger partial charge in [0.2, 0.25) is 0 Å². The van der Waals surface area contributed by atoms with Crippen LogP contribution in [0.25, 0.3) is 0 Å². The Balaban J connectivity index is 2.91. The van der Waals surface area contributed by atoms with Crippen LogP contribution in [0.15, 0.2) is 17.3 Å². The predicted octanol–water partition coefficient (Wildman–Crippen LogP) is -0.581. The van der Waals surface area contributed by atoms with Crippen molar-refractivity contribution in [2.24, 2.45) is 4.99 Å². The molecule has 0 spiro atoms. The molecule has 0 aliphatic rings. The van der Waals surface area contributed by atoms with Gasteiger partial charge in [0.05, 0.1) is 30.7 Å². The van der Waals surface area contributed by atoms with Crippen LogP contribution in [0.3, 0.4) is 0 Å². The normalized spacial score (nSPS) is 13.9. The summed E-state index contributed by atoms with van der Waals surface area (Å²) in [7, 11) is -3.58. The molecular formula is C9H14N4O6S. The Morgan fingerprint density at radius 3 is 2.85 bits per heavy atom. The second-order valence-electron chi connectivity index (χ2n) is 3.77. The molecule has 1 atom stereocenters. The van der Waals surface area contributed by atoms with Gasteiger partial charge in [-0.1, -0.05) is 0 Å². The predicted molar refractivity (Wildman–Crippen MR) is 67.0 cm³/mol. The Labute approximate surface area is 115 Å². The Bertz CT molecular complexity index is 576. The fourth-order valence-electron chi connectivity index (χ4n) is 1.20. The molecule has 11 heteroatoms. The van der Waals surface area contributed by atoms with Crippen LogP contribution in [0.1, 0.15) is 12.5 Å². The lowest BCUT2D eigenvalue weighted by atomic mass is 10.2. The van der Waals surface area contributed by atoms with Gasteiger partial charge in [0.25, 0.3) is 16.0 Å². The molecule has 1 rings (SSSR count). The Morgan fingerprint density at radius 1 is 1.60 bits per heavy atom. The van der Waals surface area contributed by atoms with Gasteiger partial charge in [-0.15, -0.1) is 5.10 Å². The van der Waals surface area contributed by atoms with Gasteiger partial charge >= 0.3 is 0 Å². The highest BCUT2D eigenvalue weighted by molar-refractivity contribution is 7.85. The second kappa shape index (κ2) is 7.09. The van der Waals surface area contributed by atoms with Gasteiger partial charge < -0.3 is 4.89 Å². The van der Waals surface area contributed by atoms with E-state index < -0.39 is 16.2 Å². The molecule has 0 fully saturated rings. The Hall–Kier alpha value is -1.82. The van der Waals surface area contributed by atoms with E-state index in [-0.39, 0.29) is 23.9 Å². The van der Waals surface area contributed by atoms with Crippen molar-refractivity contribution in [3.8, 4) is 5.88 Å². The molecule has 0 saturated heterocycles. The van der Waals surface area contributed by atoms with Gasteiger partial charge in [-0.2, -0.15) is 13.5 Å². The molecule has 1 heterocycles. The molecule has 1 unspecified atom stereocenters. The van der Waals surface area contributed by atoms with E-state index in [0.29, 0.717) is 0 Å². The standard InChI is InChI=1S/C9H14N4O6S/c1-6(5-18-20(2,16)17)11-8(13-14)7-3-4-10-12-9(7)19-15/h3-4,6,14-15H,5H2,1-2H3,(H,11,13). The SMILES string of the molecule is CC(COS(C)(=O)=O)N=C(NO)c1ccnnc1OO. The highest BCUT2D eigenvalue weighted by Gasteiger charge is 2.14. The zero-order valence-corrected chi connectivity index (χ0v) is 11.5. The van der Waals surface area contributed by atoms with Crippen LogP contribution >= 0.6 is 0 Å². The first-order valence-corrected chi connectivity index (χ1v) is 7.14. The monoisotopic (exact) mass is 306 g/mol. The summed E-state index contributed by atoms with van der Waals surface area (Å²) < 4.78 is 26.3. The number of rotatable bonds is 6. The largest absolute Gasteiger partial charge is 0.317 e. The third-order valence-corrected chi connectivity index (χ3v) is 2.57. The molecule has 0 amide bonds. The van der Waals surface area contributed by atoms with Gasteiger partial charge in [-0.05, 0) is 13.0 Å². The highest BCUT2D eigenvalue weighted by Crippen LogP contribution is 2.13. The summed E-state index contributed by atoms with van der Waals surface area (Å²) >= 11 is 0. The lowest BCUT2D eigenvalue weighted by Gasteiger charge is -2.11. The number of hydroxylamine groups is 1.